The van der Waals surface area contributed by atoms with Crippen LogP contribution >= 0.6 is 0 Å². The summed E-state index contributed by atoms with van der Waals surface area (Å²) in [5, 5.41) is 0. The van der Waals surface area contributed by atoms with E-state index < -0.39 is 0 Å². The van der Waals surface area contributed by atoms with E-state index in [1.165, 1.54) is 5.56 Å². The number of aryl methyl sites for hydroxylation is 1. The van der Waals surface area contributed by atoms with Crippen LogP contribution < -0.4 is 0 Å². The highest BCUT2D eigenvalue weighted by atomic mass is 16.2. The quantitative estimate of drug-likeness (QED) is 0.761. The van der Waals surface area contributed by atoms with Crippen molar-refractivity contribution in [2.75, 3.05) is 0 Å². The highest BCUT2D eigenvalue weighted by molar-refractivity contribution is 5.98. The molecule has 0 bridgehead atoms. The lowest BCUT2D eigenvalue weighted by atomic mass is 10.1. The summed E-state index contributed by atoms with van der Waals surface area (Å²) >= 11 is 0. The lowest BCUT2D eigenvalue weighted by molar-refractivity contribution is 0.0709. The molecule has 1 aromatic rings. The van der Waals surface area contributed by atoms with E-state index in [4.69, 9.17) is 0 Å². The molecule has 0 N–H and O–H groups in total. The van der Waals surface area contributed by atoms with Gasteiger partial charge < -0.3 is 4.90 Å². The first-order chi connectivity index (χ1) is 7.63. The van der Waals surface area contributed by atoms with E-state index in [9.17, 15) is 4.79 Å². The summed E-state index contributed by atoms with van der Waals surface area (Å²) < 4.78 is 0. The summed E-state index contributed by atoms with van der Waals surface area (Å²) in [4.78, 5) is 14.2. The van der Waals surface area contributed by atoms with E-state index in [0.29, 0.717) is 6.04 Å². The fourth-order valence-electron chi connectivity index (χ4n) is 2.37. The predicted molar refractivity (Wildman–Crippen MR) is 65.4 cm³/mol. The number of hydrogen-bond donors (Lipinski definition) is 0. The number of carbonyl (C=O) groups excluding carboxylic acids is 1. The van der Waals surface area contributed by atoms with Crippen molar-refractivity contribution in [1.82, 2.24) is 4.90 Å². The number of carbonyl (C=O) groups is 1. The molecule has 1 aliphatic heterocycles. The first kappa shape index (κ1) is 11.2. The van der Waals surface area contributed by atoms with Gasteiger partial charge in [-0.3, -0.25) is 4.79 Å². The first-order valence-corrected chi connectivity index (χ1v) is 6.04. The van der Waals surface area contributed by atoms with Crippen molar-refractivity contribution in [2.45, 2.75) is 46.2 Å². The van der Waals surface area contributed by atoms with E-state index >= 15 is 0 Å². The van der Waals surface area contributed by atoms with E-state index in [1.54, 1.807) is 0 Å². The molecule has 1 amide bonds. The zero-order valence-corrected chi connectivity index (χ0v) is 10.3. The molecule has 0 aromatic heterocycles. The van der Waals surface area contributed by atoms with Crippen molar-refractivity contribution in [3.05, 3.63) is 34.9 Å². The number of amides is 1. The molecule has 0 fully saturated rings. The zero-order valence-electron chi connectivity index (χ0n) is 10.3. The molecule has 86 valence electrons. The smallest absolute Gasteiger partial charge is 0.254 e. The van der Waals surface area contributed by atoms with Gasteiger partial charge in [0, 0.05) is 18.2 Å². The van der Waals surface area contributed by atoms with Crippen LogP contribution in [0.1, 0.15) is 48.2 Å². The molecule has 0 saturated carbocycles. The third-order valence-electron chi connectivity index (χ3n) is 3.34. The molecule has 1 aliphatic rings. The second kappa shape index (κ2) is 4.28. The van der Waals surface area contributed by atoms with Crippen molar-refractivity contribution in [2.24, 2.45) is 0 Å². The van der Waals surface area contributed by atoms with Crippen molar-refractivity contribution >= 4 is 5.91 Å². The van der Waals surface area contributed by atoms with Gasteiger partial charge >= 0.3 is 0 Å². The van der Waals surface area contributed by atoms with Crippen LogP contribution in [0.3, 0.4) is 0 Å². The molecule has 0 saturated heterocycles. The van der Waals surface area contributed by atoms with Crippen LogP contribution in [0.25, 0.3) is 0 Å². The average molecular weight is 217 g/mol. The minimum absolute atomic E-state index is 0.208. The van der Waals surface area contributed by atoms with Gasteiger partial charge in [-0.2, -0.15) is 0 Å². The Morgan fingerprint density at radius 1 is 1.44 bits per heavy atom. The number of fused-ring (bicyclic) bond motifs is 1. The monoisotopic (exact) mass is 217 g/mol. The van der Waals surface area contributed by atoms with E-state index in [1.807, 2.05) is 17.9 Å². The van der Waals surface area contributed by atoms with Crippen LogP contribution in [0, 0.1) is 6.92 Å². The third-order valence-corrected chi connectivity index (χ3v) is 3.34. The fourth-order valence-corrected chi connectivity index (χ4v) is 2.37. The Morgan fingerprint density at radius 2 is 2.19 bits per heavy atom. The van der Waals surface area contributed by atoms with Crippen LogP contribution in [0.5, 0.6) is 0 Å². The Hall–Kier alpha value is -1.31. The minimum atomic E-state index is 0.208. The van der Waals surface area contributed by atoms with Crippen molar-refractivity contribution in [1.29, 1.82) is 0 Å². The van der Waals surface area contributed by atoms with Crippen LogP contribution in [0.4, 0.5) is 0 Å². The molecular formula is C14H19NO. The molecule has 2 heteroatoms. The maximum Gasteiger partial charge on any atom is 0.254 e. The molecule has 16 heavy (non-hydrogen) atoms. The second-order valence-electron chi connectivity index (χ2n) is 4.73. The van der Waals surface area contributed by atoms with Gasteiger partial charge in [-0.25, -0.2) is 0 Å². The molecule has 1 unspecified atom stereocenters. The Labute approximate surface area is 97.3 Å². The summed E-state index contributed by atoms with van der Waals surface area (Å²) in [7, 11) is 0. The summed E-state index contributed by atoms with van der Waals surface area (Å²) in [6.07, 6.45) is 2.21. The minimum Gasteiger partial charge on any atom is -0.332 e. The Bertz CT molecular complexity index is 411. The summed E-state index contributed by atoms with van der Waals surface area (Å²) in [6.45, 7) is 7.12. The molecule has 0 aliphatic carbocycles. The molecular weight excluding hydrogens is 198 g/mol. The summed E-state index contributed by atoms with van der Waals surface area (Å²) in [6, 6.07) is 6.53. The second-order valence-corrected chi connectivity index (χ2v) is 4.73. The SMILES string of the molecule is CCCC(C)N1Cc2ccc(C)cc2C1=O. The van der Waals surface area contributed by atoms with Crippen LogP contribution in [0.2, 0.25) is 0 Å². The maximum atomic E-state index is 12.2. The maximum absolute atomic E-state index is 12.2. The Kier molecular flexibility index (Phi) is 2.99. The molecule has 0 spiro atoms. The lowest BCUT2D eigenvalue weighted by Crippen LogP contribution is -2.33. The first-order valence-electron chi connectivity index (χ1n) is 6.04. The topological polar surface area (TPSA) is 20.3 Å². The van der Waals surface area contributed by atoms with Gasteiger partial charge in [0.2, 0.25) is 0 Å². The highest BCUT2D eigenvalue weighted by Gasteiger charge is 2.29. The summed E-state index contributed by atoms with van der Waals surface area (Å²) in [5.41, 5.74) is 3.25. The normalized spacial score (nSPS) is 16.4. The van der Waals surface area contributed by atoms with E-state index in [0.717, 1.165) is 30.5 Å². The van der Waals surface area contributed by atoms with Gasteiger partial charge in [-0.1, -0.05) is 31.0 Å². The number of nitrogens with zero attached hydrogens (tertiary/aromatic N) is 1. The standard InChI is InChI=1S/C14H19NO/c1-4-5-11(3)15-9-12-7-6-10(2)8-13(12)14(15)16/h6-8,11H,4-5,9H2,1-3H3. The molecule has 0 radical (unpaired) electrons. The van der Waals surface area contributed by atoms with Gasteiger partial charge in [0.1, 0.15) is 0 Å². The van der Waals surface area contributed by atoms with Gasteiger partial charge in [0.15, 0.2) is 0 Å². The number of benzene rings is 1. The van der Waals surface area contributed by atoms with E-state index in [-0.39, 0.29) is 5.91 Å². The molecule has 1 atom stereocenters. The average Bonchev–Trinajstić information content (AvgIpc) is 2.57. The zero-order chi connectivity index (χ0) is 11.7. The predicted octanol–water partition coefficient (Wildman–Crippen LogP) is 3.14. The van der Waals surface area contributed by atoms with Crippen molar-refractivity contribution < 1.29 is 4.79 Å². The fraction of sp³-hybridized carbons (Fsp3) is 0.500. The van der Waals surface area contributed by atoms with Crippen molar-refractivity contribution in [3.8, 4) is 0 Å². The molecule has 1 aromatic carbocycles. The van der Waals surface area contributed by atoms with Crippen LogP contribution in [-0.2, 0) is 6.54 Å². The lowest BCUT2D eigenvalue weighted by Gasteiger charge is -2.23. The highest BCUT2D eigenvalue weighted by Crippen LogP contribution is 2.26. The van der Waals surface area contributed by atoms with E-state index in [2.05, 4.69) is 26.0 Å². The molecule has 2 nitrogen and oxygen atoms in total. The largest absolute Gasteiger partial charge is 0.332 e. The number of rotatable bonds is 3. The van der Waals surface area contributed by atoms with Crippen LogP contribution in [-0.4, -0.2) is 16.8 Å². The van der Waals surface area contributed by atoms with Gasteiger partial charge in [0.25, 0.3) is 5.91 Å². The van der Waals surface area contributed by atoms with Gasteiger partial charge in [0.05, 0.1) is 0 Å². The Balaban J connectivity index is 2.24. The van der Waals surface area contributed by atoms with Crippen LogP contribution in [0.15, 0.2) is 18.2 Å². The Morgan fingerprint density at radius 3 is 2.88 bits per heavy atom. The molecule has 2 rings (SSSR count). The third kappa shape index (κ3) is 1.84. The number of hydrogen-bond acceptors (Lipinski definition) is 1. The van der Waals surface area contributed by atoms with Gasteiger partial charge in [-0.15, -0.1) is 0 Å². The summed E-state index contributed by atoms with van der Waals surface area (Å²) in [5.74, 6) is 0.208. The van der Waals surface area contributed by atoms with Gasteiger partial charge in [-0.05, 0) is 31.9 Å². The molecule has 1 heterocycles. The van der Waals surface area contributed by atoms with Crippen molar-refractivity contribution in [3.63, 3.8) is 0 Å².